The SMILES string of the molecule is CCCOc1ccc(C2NC(=S)N(CCC)C(C)=C2C(C)=O)cc1Cl. The lowest BCUT2D eigenvalue weighted by Crippen LogP contribution is -2.47. The maximum absolute atomic E-state index is 12.3. The van der Waals surface area contributed by atoms with E-state index in [1.165, 1.54) is 0 Å². The van der Waals surface area contributed by atoms with Crippen LogP contribution in [-0.2, 0) is 4.79 Å². The topological polar surface area (TPSA) is 41.6 Å². The van der Waals surface area contributed by atoms with E-state index in [1.807, 2.05) is 36.9 Å². The number of hydrogen-bond acceptors (Lipinski definition) is 3. The second-order valence-corrected chi connectivity index (χ2v) is 6.92. The average molecular weight is 381 g/mol. The Morgan fingerprint density at radius 3 is 2.64 bits per heavy atom. The maximum atomic E-state index is 12.3. The Labute approximate surface area is 160 Å². The summed E-state index contributed by atoms with van der Waals surface area (Å²) < 4.78 is 5.63. The molecule has 1 atom stereocenters. The third-order valence-electron chi connectivity index (χ3n) is 4.17. The fraction of sp³-hybridized carbons (Fsp3) is 0.474. The molecule has 1 aromatic rings. The van der Waals surface area contributed by atoms with Gasteiger partial charge in [0.2, 0.25) is 0 Å². The molecule has 1 N–H and O–H groups in total. The van der Waals surface area contributed by atoms with Crippen LogP contribution in [0, 0.1) is 0 Å². The first-order chi connectivity index (χ1) is 11.9. The summed E-state index contributed by atoms with van der Waals surface area (Å²) in [6.07, 6.45) is 1.87. The maximum Gasteiger partial charge on any atom is 0.173 e. The smallest absolute Gasteiger partial charge is 0.173 e. The molecule has 0 aromatic heterocycles. The van der Waals surface area contributed by atoms with Gasteiger partial charge in [-0.25, -0.2) is 0 Å². The highest BCUT2D eigenvalue weighted by Gasteiger charge is 2.32. The molecule has 6 heteroatoms. The van der Waals surface area contributed by atoms with Gasteiger partial charge in [0.05, 0.1) is 17.7 Å². The van der Waals surface area contributed by atoms with Crippen molar-refractivity contribution in [1.29, 1.82) is 0 Å². The van der Waals surface area contributed by atoms with Gasteiger partial charge in [-0.05, 0) is 56.6 Å². The van der Waals surface area contributed by atoms with Gasteiger partial charge in [0.1, 0.15) is 5.75 Å². The number of halogens is 1. The van der Waals surface area contributed by atoms with Gasteiger partial charge in [0.25, 0.3) is 0 Å². The van der Waals surface area contributed by atoms with Crippen LogP contribution in [0.1, 0.15) is 52.1 Å². The number of rotatable bonds is 7. The normalized spacial score (nSPS) is 17.6. The van der Waals surface area contributed by atoms with Gasteiger partial charge in [-0.2, -0.15) is 0 Å². The van der Waals surface area contributed by atoms with Crippen molar-refractivity contribution in [2.75, 3.05) is 13.2 Å². The predicted molar refractivity (Wildman–Crippen MR) is 106 cm³/mol. The number of benzene rings is 1. The molecule has 1 aromatic carbocycles. The summed E-state index contributed by atoms with van der Waals surface area (Å²) in [5, 5.41) is 4.47. The number of nitrogens with zero attached hydrogens (tertiary/aromatic N) is 1. The summed E-state index contributed by atoms with van der Waals surface area (Å²) >= 11 is 11.9. The molecule has 2 rings (SSSR count). The molecule has 25 heavy (non-hydrogen) atoms. The lowest BCUT2D eigenvalue weighted by molar-refractivity contribution is -0.114. The third kappa shape index (κ3) is 4.33. The van der Waals surface area contributed by atoms with E-state index in [-0.39, 0.29) is 11.8 Å². The number of Topliss-reactive ketones (excluding diaryl/α,β-unsaturated/α-hetero) is 1. The molecule has 1 aliphatic rings. The number of ketones is 1. The number of thiocarbonyl (C=S) groups is 1. The molecule has 0 saturated heterocycles. The van der Waals surface area contributed by atoms with Gasteiger partial charge < -0.3 is 15.0 Å². The Morgan fingerprint density at radius 1 is 1.36 bits per heavy atom. The van der Waals surface area contributed by atoms with E-state index in [9.17, 15) is 4.79 Å². The molecule has 1 unspecified atom stereocenters. The van der Waals surface area contributed by atoms with Crippen molar-refractivity contribution in [2.45, 2.75) is 46.6 Å². The molecule has 0 spiro atoms. The van der Waals surface area contributed by atoms with Crippen LogP contribution in [0.2, 0.25) is 5.02 Å². The highest BCUT2D eigenvalue weighted by molar-refractivity contribution is 7.80. The average Bonchev–Trinajstić information content (AvgIpc) is 2.56. The predicted octanol–water partition coefficient (Wildman–Crippen LogP) is 4.63. The van der Waals surface area contributed by atoms with Crippen molar-refractivity contribution in [3.05, 3.63) is 40.1 Å². The number of carbonyl (C=O) groups excluding carboxylic acids is 1. The Kier molecular flexibility index (Phi) is 6.85. The van der Waals surface area contributed by atoms with Crippen LogP contribution in [0.5, 0.6) is 5.75 Å². The molecule has 4 nitrogen and oxygen atoms in total. The number of nitrogens with one attached hydrogen (secondary N) is 1. The highest BCUT2D eigenvalue weighted by atomic mass is 35.5. The second-order valence-electron chi connectivity index (χ2n) is 6.13. The van der Waals surface area contributed by atoms with Crippen LogP contribution in [0.3, 0.4) is 0 Å². The molecule has 0 amide bonds. The van der Waals surface area contributed by atoms with E-state index in [1.54, 1.807) is 6.92 Å². The van der Waals surface area contributed by atoms with Crippen molar-refractivity contribution in [1.82, 2.24) is 10.2 Å². The monoisotopic (exact) mass is 380 g/mol. The molecule has 1 heterocycles. The van der Waals surface area contributed by atoms with E-state index in [2.05, 4.69) is 12.2 Å². The van der Waals surface area contributed by atoms with Gasteiger partial charge in [0.15, 0.2) is 10.9 Å². The highest BCUT2D eigenvalue weighted by Crippen LogP contribution is 2.35. The first kappa shape index (κ1) is 19.7. The molecule has 136 valence electrons. The second kappa shape index (κ2) is 8.68. The summed E-state index contributed by atoms with van der Waals surface area (Å²) in [5.41, 5.74) is 2.53. The molecular weight excluding hydrogens is 356 g/mol. The Hall–Kier alpha value is -1.59. The minimum absolute atomic E-state index is 0.0287. The zero-order chi connectivity index (χ0) is 18.6. The van der Waals surface area contributed by atoms with Gasteiger partial charge in [0, 0.05) is 17.8 Å². The van der Waals surface area contributed by atoms with Crippen molar-refractivity contribution < 1.29 is 9.53 Å². The number of carbonyl (C=O) groups is 1. The zero-order valence-electron chi connectivity index (χ0n) is 15.2. The summed E-state index contributed by atoms with van der Waals surface area (Å²) in [5.74, 6) is 0.685. The minimum atomic E-state index is -0.296. The standard InChI is InChI=1S/C19H25ClN2O2S/c1-5-9-22-12(3)17(13(4)23)18(21-19(22)25)14-7-8-16(15(20)11-14)24-10-6-2/h7-8,11,18H,5-6,9-10H2,1-4H3,(H,21,25). The van der Waals surface area contributed by atoms with Crippen LogP contribution >= 0.6 is 23.8 Å². The van der Waals surface area contributed by atoms with Gasteiger partial charge in [-0.1, -0.05) is 31.5 Å². The van der Waals surface area contributed by atoms with Crippen molar-refractivity contribution >= 4 is 34.7 Å². The summed E-state index contributed by atoms with van der Waals surface area (Å²) in [6, 6.07) is 5.33. The van der Waals surface area contributed by atoms with Crippen LogP contribution in [0.25, 0.3) is 0 Å². The van der Waals surface area contributed by atoms with Crippen LogP contribution in [-0.4, -0.2) is 28.9 Å². The number of hydrogen-bond donors (Lipinski definition) is 1. The van der Waals surface area contributed by atoms with Crippen molar-refractivity contribution in [3.8, 4) is 5.75 Å². The quantitative estimate of drug-likeness (QED) is 0.698. The fourth-order valence-corrected chi connectivity index (χ4v) is 3.60. The minimum Gasteiger partial charge on any atom is -0.492 e. The Morgan fingerprint density at radius 2 is 2.08 bits per heavy atom. The van der Waals surface area contributed by atoms with Crippen LogP contribution < -0.4 is 10.1 Å². The molecule has 0 bridgehead atoms. The molecule has 0 saturated carbocycles. The lowest BCUT2D eigenvalue weighted by atomic mass is 9.92. The van der Waals surface area contributed by atoms with Gasteiger partial charge in [-0.3, -0.25) is 4.79 Å². The van der Waals surface area contributed by atoms with Crippen LogP contribution in [0.4, 0.5) is 0 Å². The first-order valence-electron chi connectivity index (χ1n) is 8.62. The molecule has 0 radical (unpaired) electrons. The van der Waals surface area contributed by atoms with E-state index >= 15 is 0 Å². The molecule has 1 aliphatic heterocycles. The molecular formula is C19H25ClN2O2S. The molecule has 0 aliphatic carbocycles. The van der Waals surface area contributed by atoms with E-state index < -0.39 is 0 Å². The largest absolute Gasteiger partial charge is 0.492 e. The Balaban J connectivity index is 2.41. The van der Waals surface area contributed by atoms with E-state index in [0.29, 0.717) is 22.5 Å². The van der Waals surface area contributed by atoms with Crippen molar-refractivity contribution in [2.24, 2.45) is 0 Å². The summed E-state index contributed by atoms with van der Waals surface area (Å²) in [4.78, 5) is 14.3. The fourth-order valence-electron chi connectivity index (χ4n) is 3.01. The lowest BCUT2D eigenvalue weighted by Gasteiger charge is -2.37. The third-order valence-corrected chi connectivity index (χ3v) is 4.81. The van der Waals surface area contributed by atoms with E-state index in [0.717, 1.165) is 36.2 Å². The zero-order valence-corrected chi connectivity index (χ0v) is 16.8. The summed E-state index contributed by atoms with van der Waals surface area (Å²) in [6.45, 7) is 9.08. The van der Waals surface area contributed by atoms with Gasteiger partial charge >= 0.3 is 0 Å². The number of allylic oxidation sites excluding steroid dienone is 1. The number of ether oxygens (including phenoxy) is 1. The van der Waals surface area contributed by atoms with Crippen LogP contribution in [0.15, 0.2) is 29.5 Å². The summed E-state index contributed by atoms with van der Waals surface area (Å²) in [7, 11) is 0. The van der Waals surface area contributed by atoms with Gasteiger partial charge in [-0.15, -0.1) is 0 Å². The van der Waals surface area contributed by atoms with Crippen molar-refractivity contribution in [3.63, 3.8) is 0 Å². The van der Waals surface area contributed by atoms with E-state index in [4.69, 9.17) is 28.6 Å². The molecule has 0 fully saturated rings. The first-order valence-corrected chi connectivity index (χ1v) is 9.41. The Bertz CT molecular complexity index is 703.